The quantitative estimate of drug-likeness (QED) is 0.803. The molecule has 1 unspecified atom stereocenters. The van der Waals surface area contributed by atoms with Gasteiger partial charge in [0.1, 0.15) is 0 Å². The van der Waals surface area contributed by atoms with Crippen molar-refractivity contribution in [2.24, 2.45) is 0 Å². The number of hydrogen-bond donors (Lipinski definition) is 1. The highest BCUT2D eigenvalue weighted by Gasteiger charge is 2.31. The van der Waals surface area contributed by atoms with Gasteiger partial charge in [0.05, 0.1) is 5.52 Å². The van der Waals surface area contributed by atoms with E-state index in [1.807, 2.05) is 53.7 Å². The molecular weight excluding hydrogens is 300 g/mol. The van der Waals surface area contributed by atoms with Gasteiger partial charge in [0.25, 0.3) is 5.91 Å². The third kappa shape index (κ3) is 2.77. The van der Waals surface area contributed by atoms with Crippen LogP contribution in [0.25, 0.3) is 10.9 Å². The number of hydrogen-bond acceptors (Lipinski definition) is 3. The molecule has 2 aromatic heterocycles. The molecule has 24 heavy (non-hydrogen) atoms. The van der Waals surface area contributed by atoms with Crippen LogP contribution < -0.4 is 0 Å². The van der Waals surface area contributed by atoms with Crippen molar-refractivity contribution in [3.05, 3.63) is 60.0 Å². The van der Waals surface area contributed by atoms with E-state index < -0.39 is 0 Å². The summed E-state index contributed by atoms with van der Waals surface area (Å²) in [5.74, 6) is 0.0460. The molecule has 0 radical (unpaired) electrons. The zero-order chi connectivity index (χ0) is 16.4. The first kappa shape index (κ1) is 14.9. The first-order chi connectivity index (χ1) is 11.8. The van der Waals surface area contributed by atoms with Gasteiger partial charge in [-0.05, 0) is 49.4 Å². The number of pyridine rings is 1. The van der Waals surface area contributed by atoms with Crippen LogP contribution in [0.3, 0.4) is 0 Å². The first-order valence-corrected chi connectivity index (χ1v) is 8.46. The fourth-order valence-electron chi connectivity index (χ4n) is 3.55. The van der Waals surface area contributed by atoms with Crippen LogP contribution >= 0.6 is 0 Å². The Morgan fingerprint density at radius 2 is 2.04 bits per heavy atom. The number of para-hydroxylation sites is 1. The molecule has 1 atom stereocenters. The van der Waals surface area contributed by atoms with Gasteiger partial charge in [-0.15, -0.1) is 0 Å². The van der Waals surface area contributed by atoms with E-state index in [0.29, 0.717) is 11.7 Å². The Hall–Kier alpha value is -2.69. The van der Waals surface area contributed by atoms with Crippen LogP contribution in [0.1, 0.15) is 35.3 Å². The van der Waals surface area contributed by atoms with Gasteiger partial charge in [-0.3, -0.25) is 14.9 Å². The van der Waals surface area contributed by atoms with Crippen molar-refractivity contribution in [2.45, 2.75) is 31.7 Å². The molecule has 1 N–H and O–H groups in total. The maximum atomic E-state index is 13.0. The van der Waals surface area contributed by atoms with E-state index in [1.54, 1.807) is 0 Å². The van der Waals surface area contributed by atoms with Crippen molar-refractivity contribution < 1.29 is 4.79 Å². The molecular formula is C19H20N4O. The monoisotopic (exact) mass is 320 g/mol. The summed E-state index contributed by atoms with van der Waals surface area (Å²) in [6, 6.07) is 12.2. The van der Waals surface area contributed by atoms with Gasteiger partial charge in [0.15, 0.2) is 5.69 Å². The average molecular weight is 320 g/mol. The van der Waals surface area contributed by atoms with Crippen molar-refractivity contribution in [3.8, 4) is 0 Å². The molecule has 1 aliphatic heterocycles. The number of aryl methyl sites for hydroxylation is 1. The Balaban J connectivity index is 1.51. The second-order valence-corrected chi connectivity index (χ2v) is 6.31. The number of amides is 1. The Bertz CT molecular complexity index is 843. The summed E-state index contributed by atoms with van der Waals surface area (Å²) in [6.45, 7) is 0.820. The summed E-state index contributed by atoms with van der Waals surface area (Å²) in [7, 11) is 0. The predicted molar refractivity (Wildman–Crippen MR) is 92.7 cm³/mol. The maximum Gasteiger partial charge on any atom is 0.275 e. The topological polar surface area (TPSA) is 61.9 Å². The first-order valence-electron chi connectivity index (χ1n) is 8.46. The van der Waals surface area contributed by atoms with Crippen molar-refractivity contribution in [1.29, 1.82) is 0 Å². The lowest BCUT2D eigenvalue weighted by Gasteiger charge is -2.24. The fraction of sp³-hybridized carbons (Fsp3) is 0.316. The molecule has 1 saturated heterocycles. The summed E-state index contributed by atoms with van der Waals surface area (Å²) < 4.78 is 0. The van der Waals surface area contributed by atoms with Crippen molar-refractivity contribution >= 4 is 16.8 Å². The average Bonchev–Trinajstić information content (AvgIpc) is 3.27. The number of likely N-dealkylation sites (tertiary alicyclic amines) is 1. The van der Waals surface area contributed by atoms with Crippen LogP contribution in [0, 0.1) is 0 Å². The number of rotatable bonds is 4. The summed E-state index contributed by atoms with van der Waals surface area (Å²) >= 11 is 0. The lowest BCUT2D eigenvalue weighted by atomic mass is 10.0. The molecule has 5 heteroatoms. The summed E-state index contributed by atoms with van der Waals surface area (Å²) in [5, 5.41) is 8.13. The Kier molecular flexibility index (Phi) is 3.99. The molecule has 0 aliphatic carbocycles. The lowest BCUT2D eigenvalue weighted by molar-refractivity contribution is 0.0726. The number of fused-ring (bicyclic) bond motifs is 1. The summed E-state index contributed by atoms with van der Waals surface area (Å²) in [5.41, 5.74) is 2.73. The smallest absolute Gasteiger partial charge is 0.275 e. The summed E-state index contributed by atoms with van der Waals surface area (Å²) in [6.07, 6.45) is 7.73. The molecule has 1 aromatic carbocycles. The third-order valence-corrected chi connectivity index (χ3v) is 4.83. The molecule has 3 heterocycles. The van der Waals surface area contributed by atoms with E-state index >= 15 is 0 Å². The Morgan fingerprint density at radius 3 is 2.92 bits per heavy atom. The van der Waals surface area contributed by atoms with Crippen LogP contribution in [0.4, 0.5) is 0 Å². The largest absolute Gasteiger partial charge is 0.334 e. The second-order valence-electron chi connectivity index (χ2n) is 6.31. The molecule has 5 nitrogen and oxygen atoms in total. The van der Waals surface area contributed by atoms with Gasteiger partial charge in [-0.1, -0.05) is 18.2 Å². The predicted octanol–water partition coefficient (Wildman–Crippen LogP) is 3.20. The van der Waals surface area contributed by atoms with Crippen LogP contribution in [-0.4, -0.2) is 38.6 Å². The van der Waals surface area contributed by atoms with Gasteiger partial charge in [0.2, 0.25) is 0 Å². The zero-order valence-corrected chi connectivity index (χ0v) is 13.5. The molecule has 1 amide bonds. The number of H-pyrrole nitrogens is 1. The minimum atomic E-state index is 0.0460. The second kappa shape index (κ2) is 6.43. The summed E-state index contributed by atoms with van der Waals surface area (Å²) in [4.78, 5) is 19.0. The van der Waals surface area contributed by atoms with Crippen LogP contribution in [0.2, 0.25) is 0 Å². The zero-order valence-electron chi connectivity index (χ0n) is 13.5. The number of aromatic nitrogens is 3. The standard InChI is InChI=1S/C19H20N4O/c24-19(18-16-5-1-2-6-17(16)21-22-18)23-13-3-4-15(23)8-7-14-9-11-20-12-10-14/h1-2,5-6,9-12,15H,3-4,7-8,13H2,(H,21,22). The SMILES string of the molecule is O=C(c1n[nH]c2ccccc12)N1CCCC1CCc1ccncc1. The molecule has 122 valence electrons. The Morgan fingerprint density at radius 1 is 1.21 bits per heavy atom. The van der Waals surface area contributed by atoms with Crippen molar-refractivity contribution in [1.82, 2.24) is 20.1 Å². The van der Waals surface area contributed by atoms with Crippen LogP contribution in [-0.2, 0) is 6.42 Å². The normalized spacial score (nSPS) is 17.5. The molecule has 1 fully saturated rings. The number of carbonyl (C=O) groups is 1. The number of aromatic amines is 1. The highest BCUT2D eigenvalue weighted by atomic mass is 16.2. The van der Waals surface area contributed by atoms with E-state index in [9.17, 15) is 4.79 Å². The minimum Gasteiger partial charge on any atom is -0.334 e. The van der Waals surface area contributed by atoms with Gasteiger partial charge in [-0.2, -0.15) is 5.10 Å². The van der Waals surface area contributed by atoms with Crippen LogP contribution in [0.15, 0.2) is 48.8 Å². The molecule has 4 rings (SSSR count). The van der Waals surface area contributed by atoms with Crippen LogP contribution in [0.5, 0.6) is 0 Å². The van der Waals surface area contributed by atoms with Gasteiger partial charge in [0, 0.05) is 30.4 Å². The van der Waals surface area contributed by atoms with E-state index in [1.165, 1.54) is 5.56 Å². The van der Waals surface area contributed by atoms with Gasteiger partial charge < -0.3 is 4.90 Å². The number of nitrogens with one attached hydrogen (secondary N) is 1. The third-order valence-electron chi connectivity index (χ3n) is 4.83. The molecule has 0 spiro atoms. The lowest BCUT2D eigenvalue weighted by Crippen LogP contribution is -2.36. The van der Waals surface area contributed by atoms with Crippen molar-refractivity contribution in [3.63, 3.8) is 0 Å². The van der Waals surface area contributed by atoms with E-state index in [-0.39, 0.29) is 5.91 Å². The molecule has 1 aliphatic rings. The van der Waals surface area contributed by atoms with E-state index in [0.717, 1.165) is 43.1 Å². The Labute approximate surface area is 140 Å². The van der Waals surface area contributed by atoms with E-state index in [2.05, 4.69) is 15.2 Å². The fourth-order valence-corrected chi connectivity index (χ4v) is 3.55. The number of benzene rings is 1. The molecule has 3 aromatic rings. The molecule has 0 saturated carbocycles. The van der Waals surface area contributed by atoms with Gasteiger partial charge in [-0.25, -0.2) is 0 Å². The van der Waals surface area contributed by atoms with Crippen molar-refractivity contribution in [2.75, 3.05) is 6.54 Å². The number of carbonyl (C=O) groups excluding carboxylic acids is 1. The highest BCUT2D eigenvalue weighted by Crippen LogP contribution is 2.25. The van der Waals surface area contributed by atoms with Gasteiger partial charge >= 0.3 is 0 Å². The number of nitrogens with zero attached hydrogens (tertiary/aromatic N) is 3. The highest BCUT2D eigenvalue weighted by molar-refractivity contribution is 6.04. The molecule has 0 bridgehead atoms. The minimum absolute atomic E-state index is 0.0460. The maximum absolute atomic E-state index is 13.0. The van der Waals surface area contributed by atoms with E-state index in [4.69, 9.17) is 0 Å².